The SMILES string of the molecule is CCC[Si](C)(C)C(C)(C)C.[H-].[Li+]. The van der Waals surface area contributed by atoms with Crippen LogP contribution < -0.4 is 18.9 Å². The minimum Gasteiger partial charge on any atom is -1.00 e. The van der Waals surface area contributed by atoms with Crippen LogP contribution >= 0.6 is 0 Å². The van der Waals surface area contributed by atoms with Crippen LogP contribution in [0, 0.1) is 0 Å². The molecule has 0 aromatic carbocycles. The third-order valence-corrected chi connectivity index (χ3v) is 8.72. The molecule has 0 atom stereocenters. The van der Waals surface area contributed by atoms with Crippen molar-refractivity contribution in [2.45, 2.75) is 58.3 Å². The molecule has 0 bridgehead atoms. The van der Waals surface area contributed by atoms with Gasteiger partial charge in [0.15, 0.2) is 0 Å². The van der Waals surface area contributed by atoms with Gasteiger partial charge < -0.3 is 1.43 Å². The van der Waals surface area contributed by atoms with Gasteiger partial charge in [0.2, 0.25) is 0 Å². The van der Waals surface area contributed by atoms with Crippen LogP contribution in [0.2, 0.25) is 24.2 Å². The molecule has 0 N–H and O–H groups in total. The fraction of sp³-hybridized carbons (Fsp3) is 1.00. The first-order chi connectivity index (χ1) is 4.31. The number of hydrogen-bond donors (Lipinski definition) is 0. The minimum atomic E-state index is -0.905. The standard InChI is InChI=1S/C9H22Si.Li.H/c1-7-8-10(5,6)9(2,3)4;;/h7-8H2,1-6H3;;/q;+1;-1. The van der Waals surface area contributed by atoms with Gasteiger partial charge in [0, 0.05) is 0 Å². The third-order valence-electron chi connectivity index (χ3n) is 2.91. The monoisotopic (exact) mass is 166 g/mol. The Hall–Kier alpha value is 0.814. The van der Waals surface area contributed by atoms with Gasteiger partial charge in [0.05, 0.1) is 8.07 Å². The Labute approximate surface area is 86.8 Å². The molecule has 0 aliphatic carbocycles. The molecule has 2 heteroatoms. The Kier molecular flexibility index (Phi) is 6.19. The van der Waals surface area contributed by atoms with Gasteiger partial charge in [0.25, 0.3) is 0 Å². The zero-order valence-electron chi connectivity index (χ0n) is 10.4. The smallest absolute Gasteiger partial charge is 1.00 e. The molecule has 0 aliphatic rings. The normalized spacial score (nSPS) is 12.5. The van der Waals surface area contributed by atoms with Crippen LogP contribution in [0.25, 0.3) is 0 Å². The number of rotatable bonds is 2. The molecule has 0 fully saturated rings. The van der Waals surface area contributed by atoms with Crippen LogP contribution in [-0.2, 0) is 0 Å². The Bertz CT molecular complexity index is 108. The third kappa shape index (κ3) is 4.40. The van der Waals surface area contributed by atoms with Crippen molar-refractivity contribution in [1.82, 2.24) is 0 Å². The molecule has 0 spiro atoms. The van der Waals surface area contributed by atoms with Gasteiger partial charge >= 0.3 is 18.9 Å². The maximum atomic E-state index is 2.50. The summed E-state index contributed by atoms with van der Waals surface area (Å²) in [4.78, 5) is 0. The van der Waals surface area contributed by atoms with E-state index in [0.717, 1.165) is 0 Å². The van der Waals surface area contributed by atoms with Crippen molar-refractivity contribution in [1.29, 1.82) is 0 Å². The van der Waals surface area contributed by atoms with Gasteiger partial charge in [-0.05, 0) is 5.04 Å². The van der Waals surface area contributed by atoms with E-state index < -0.39 is 8.07 Å². The van der Waals surface area contributed by atoms with Gasteiger partial charge in [-0.15, -0.1) is 0 Å². The van der Waals surface area contributed by atoms with E-state index in [1.165, 1.54) is 12.5 Å². The summed E-state index contributed by atoms with van der Waals surface area (Å²) in [7, 11) is -0.905. The fourth-order valence-electron chi connectivity index (χ4n) is 1.000. The molecule has 0 aromatic rings. The molecule has 0 unspecified atom stereocenters. The topological polar surface area (TPSA) is 0 Å². The van der Waals surface area contributed by atoms with Crippen molar-refractivity contribution in [2.24, 2.45) is 0 Å². The summed E-state index contributed by atoms with van der Waals surface area (Å²) in [5, 5.41) is 0.586. The molecule has 0 nitrogen and oxygen atoms in total. The second kappa shape index (κ2) is 4.75. The Morgan fingerprint density at radius 1 is 1.18 bits per heavy atom. The summed E-state index contributed by atoms with van der Waals surface area (Å²) < 4.78 is 0. The minimum absolute atomic E-state index is 0. The van der Waals surface area contributed by atoms with Gasteiger partial charge in [-0.25, -0.2) is 0 Å². The molecule has 0 amide bonds. The molecule has 11 heavy (non-hydrogen) atoms. The van der Waals surface area contributed by atoms with E-state index in [9.17, 15) is 0 Å². The first-order valence-corrected chi connectivity index (χ1v) is 7.52. The number of hydrogen-bond acceptors (Lipinski definition) is 0. The van der Waals surface area contributed by atoms with Gasteiger partial charge in [-0.3, -0.25) is 0 Å². The zero-order chi connectivity index (χ0) is 8.41. The predicted molar refractivity (Wildman–Crippen MR) is 53.4 cm³/mol. The molecule has 0 aromatic heterocycles. The van der Waals surface area contributed by atoms with Crippen molar-refractivity contribution < 1.29 is 20.3 Å². The Balaban J connectivity index is -0.000000405. The molecule has 0 rings (SSSR count). The van der Waals surface area contributed by atoms with Crippen LogP contribution in [0.3, 0.4) is 0 Å². The van der Waals surface area contributed by atoms with Gasteiger partial charge in [-0.1, -0.05) is 53.3 Å². The van der Waals surface area contributed by atoms with E-state index in [1.54, 1.807) is 0 Å². The summed E-state index contributed by atoms with van der Waals surface area (Å²) in [5.74, 6) is 0. The summed E-state index contributed by atoms with van der Waals surface area (Å²) in [6.07, 6.45) is 1.36. The van der Waals surface area contributed by atoms with E-state index in [-0.39, 0.29) is 20.3 Å². The van der Waals surface area contributed by atoms with E-state index in [1.807, 2.05) is 0 Å². The second-order valence-electron chi connectivity index (χ2n) is 4.88. The quantitative estimate of drug-likeness (QED) is 0.537. The van der Waals surface area contributed by atoms with E-state index in [4.69, 9.17) is 0 Å². The first kappa shape index (κ1) is 14.3. The molecule has 0 saturated heterocycles. The van der Waals surface area contributed by atoms with Crippen LogP contribution in [0.5, 0.6) is 0 Å². The molecular weight excluding hydrogens is 143 g/mol. The van der Waals surface area contributed by atoms with Crippen LogP contribution in [0.15, 0.2) is 0 Å². The largest absolute Gasteiger partial charge is 1.00 e. The average Bonchev–Trinajstić information content (AvgIpc) is 1.61. The zero-order valence-corrected chi connectivity index (χ0v) is 10.4. The molecular formula is C9H23LiSi. The van der Waals surface area contributed by atoms with Crippen molar-refractivity contribution in [3.8, 4) is 0 Å². The maximum absolute atomic E-state index is 2.50. The fourth-order valence-corrected chi connectivity index (χ4v) is 3.00. The van der Waals surface area contributed by atoms with Gasteiger partial charge in [0.1, 0.15) is 0 Å². The van der Waals surface area contributed by atoms with E-state index >= 15 is 0 Å². The van der Waals surface area contributed by atoms with Crippen molar-refractivity contribution in [2.75, 3.05) is 0 Å². The Morgan fingerprint density at radius 3 is 1.64 bits per heavy atom. The molecule has 0 saturated carbocycles. The first-order valence-electron chi connectivity index (χ1n) is 4.31. The van der Waals surface area contributed by atoms with Crippen LogP contribution in [0.4, 0.5) is 0 Å². The van der Waals surface area contributed by atoms with Gasteiger partial charge in [-0.2, -0.15) is 0 Å². The molecule has 64 valence electrons. The second-order valence-corrected chi connectivity index (χ2v) is 10.7. The van der Waals surface area contributed by atoms with Crippen molar-refractivity contribution in [3.63, 3.8) is 0 Å². The van der Waals surface area contributed by atoms with E-state index in [2.05, 4.69) is 40.8 Å². The molecule has 0 radical (unpaired) electrons. The summed E-state index contributed by atoms with van der Waals surface area (Å²) >= 11 is 0. The van der Waals surface area contributed by atoms with E-state index in [0.29, 0.717) is 5.04 Å². The average molecular weight is 166 g/mol. The maximum Gasteiger partial charge on any atom is 1.00 e. The molecule has 0 aliphatic heterocycles. The summed E-state index contributed by atoms with van der Waals surface area (Å²) in [6.45, 7) is 14.4. The summed E-state index contributed by atoms with van der Waals surface area (Å²) in [6, 6.07) is 1.47. The Morgan fingerprint density at radius 2 is 1.55 bits per heavy atom. The van der Waals surface area contributed by atoms with Crippen molar-refractivity contribution >= 4 is 8.07 Å². The van der Waals surface area contributed by atoms with Crippen LogP contribution in [0.1, 0.15) is 35.5 Å². The predicted octanol–water partition coefficient (Wildman–Crippen LogP) is 1.02. The van der Waals surface area contributed by atoms with Crippen LogP contribution in [-0.4, -0.2) is 8.07 Å². The van der Waals surface area contributed by atoms with Crippen molar-refractivity contribution in [3.05, 3.63) is 0 Å². The summed E-state index contributed by atoms with van der Waals surface area (Å²) in [5.41, 5.74) is 0. The molecule has 0 heterocycles.